The number of unbranched alkanes of at least 4 members (excludes halogenated alkanes) is 4. The van der Waals surface area contributed by atoms with E-state index in [1.54, 1.807) is 0 Å². The molecule has 0 spiro atoms. The first-order valence-corrected chi connectivity index (χ1v) is 11.9. The Morgan fingerprint density at radius 3 is 2.38 bits per heavy atom. The lowest BCUT2D eigenvalue weighted by atomic mass is 10.1. The van der Waals surface area contributed by atoms with Gasteiger partial charge in [-0.1, -0.05) is 39.0 Å². The van der Waals surface area contributed by atoms with Gasteiger partial charge in [0.2, 0.25) is 5.91 Å². The fourth-order valence-electron chi connectivity index (χ4n) is 2.21. The smallest absolute Gasteiger partial charge is 0.378 e. The van der Waals surface area contributed by atoms with E-state index in [0.29, 0.717) is 23.9 Å². The van der Waals surface area contributed by atoms with Crippen molar-refractivity contribution in [3.8, 4) is 11.8 Å². The topological polar surface area (TPSA) is 105 Å². The maximum Gasteiger partial charge on any atom is 0.472 e. The van der Waals surface area contributed by atoms with Gasteiger partial charge in [0.05, 0.1) is 33.8 Å². The molecule has 0 saturated carbocycles. The molecule has 0 aliphatic carbocycles. The Kier molecular flexibility index (Phi) is 14.5. The average Bonchev–Trinajstić information content (AvgIpc) is 2.61. The number of carbonyl (C=O) groups excluding carboxylic acids is 1. The minimum Gasteiger partial charge on any atom is -0.378 e. The van der Waals surface area contributed by atoms with Crippen LogP contribution in [0.3, 0.4) is 0 Å². The summed E-state index contributed by atoms with van der Waals surface area (Å²) in [6, 6.07) is -0.916. The summed E-state index contributed by atoms with van der Waals surface area (Å²) in [6.45, 7) is 4.28. The molecule has 0 saturated heterocycles. The molecule has 0 heterocycles. The van der Waals surface area contributed by atoms with Crippen LogP contribution < -0.4 is 5.32 Å². The van der Waals surface area contributed by atoms with Crippen molar-refractivity contribution in [2.45, 2.75) is 70.9 Å². The highest BCUT2D eigenvalue weighted by atomic mass is 31.2. The summed E-state index contributed by atoms with van der Waals surface area (Å²) >= 11 is 0. The molecule has 0 aromatic rings. The van der Waals surface area contributed by atoms with Crippen molar-refractivity contribution in [3.05, 3.63) is 0 Å². The Balaban J connectivity index is 4.83. The summed E-state index contributed by atoms with van der Waals surface area (Å²) in [5, 5.41) is 13.0. The zero-order valence-electron chi connectivity index (χ0n) is 18.6. The fourth-order valence-corrected chi connectivity index (χ4v) is 2.95. The molecule has 0 rings (SSSR count). The van der Waals surface area contributed by atoms with E-state index in [1.807, 2.05) is 35.0 Å². The molecule has 1 amide bonds. The Hall–Kier alpha value is -0.940. The summed E-state index contributed by atoms with van der Waals surface area (Å²) in [5.74, 6) is 5.30. The summed E-state index contributed by atoms with van der Waals surface area (Å²) in [7, 11) is 1.51. The zero-order valence-corrected chi connectivity index (χ0v) is 19.5. The van der Waals surface area contributed by atoms with E-state index in [-0.39, 0.29) is 19.1 Å². The van der Waals surface area contributed by atoms with Gasteiger partial charge >= 0.3 is 7.82 Å². The molecule has 0 aromatic heterocycles. The molecule has 1 unspecified atom stereocenters. The van der Waals surface area contributed by atoms with Gasteiger partial charge in [-0.2, -0.15) is 0 Å². The number of nitrogens with one attached hydrogen (secondary N) is 1. The second kappa shape index (κ2) is 15.0. The van der Waals surface area contributed by atoms with Crippen molar-refractivity contribution >= 4 is 13.7 Å². The largest absolute Gasteiger partial charge is 0.472 e. The van der Waals surface area contributed by atoms with E-state index in [1.165, 1.54) is 0 Å². The highest BCUT2D eigenvalue weighted by Crippen LogP contribution is 2.43. The molecule has 3 N–H and O–H groups in total. The molecule has 0 aliphatic heterocycles. The number of amides is 1. The van der Waals surface area contributed by atoms with Crippen LogP contribution in [0.2, 0.25) is 0 Å². The van der Waals surface area contributed by atoms with Crippen LogP contribution in [0.15, 0.2) is 0 Å². The third kappa shape index (κ3) is 16.5. The lowest BCUT2D eigenvalue weighted by Crippen LogP contribution is -2.45. The Morgan fingerprint density at radius 1 is 1.14 bits per heavy atom. The minimum atomic E-state index is -4.30. The standard InChI is InChI=1S/C20H39N2O6P/c1-6-8-10-12-13-19(23)18(21-20(24)14-11-9-7-2)17-28-29(25,26)27-16-15-22(3,4)5/h18-19,23H,6-11,14-17H2,1-5H3,(H-,21,24,25,26)/p+1/t18-,19+/m0/s1. The molecule has 0 fully saturated rings. The zero-order chi connectivity index (χ0) is 22.3. The number of rotatable bonds is 15. The molecule has 170 valence electrons. The van der Waals surface area contributed by atoms with Crippen LogP contribution in [-0.4, -0.2) is 73.4 Å². The molecule has 0 radical (unpaired) electrons. The van der Waals surface area contributed by atoms with Gasteiger partial charge < -0.3 is 19.8 Å². The number of hydrogen-bond donors (Lipinski definition) is 3. The SMILES string of the molecule is CCCCC#C[C@@H](O)[C@H](COP(=O)(O)OCC[N+](C)(C)C)NC(=O)CCCCC. The monoisotopic (exact) mass is 435 g/mol. The number of quaternary nitrogens is 1. The van der Waals surface area contributed by atoms with Crippen LogP contribution in [0.25, 0.3) is 0 Å². The van der Waals surface area contributed by atoms with Gasteiger partial charge in [-0.05, 0) is 12.8 Å². The van der Waals surface area contributed by atoms with Crippen LogP contribution in [0, 0.1) is 11.8 Å². The number of aliphatic hydroxyl groups is 1. The van der Waals surface area contributed by atoms with Crippen molar-refractivity contribution in [1.82, 2.24) is 5.32 Å². The molecule has 9 heteroatoms. The van der Waals surface area contributed by atoms with Crippen molar-refractivity contribution in [3.63, 3.8) is 0 Å². The van der Waals surface area contributed by atoms with Crippen LogP contribution in [0.1, 0.15) is 58.8 Å². The second-order valence-electron chi connectivity index (χ2n) is 8.11. The summed E-state index contributed by atoms with van der Waals surface area (Å²) in [5.41, 5.74) is 0. The van der Waals surface area contributed by atoms with E-state index in [9.17, 15) is 19.4 Å². The summed E-state index contributed by atoms with van der Waals surface area (Å²) < 4.78 is 22.7. The lowest BCUT2D eigenvalue weighted by molar-refractivity contribution is -0.870. The quantitative estimate of drug-likeness (QED) is 0.158. The van der Waals surface area contributed by atoms with E-state index >= 15 is 0 Å². The maximum absolute atomic E-state index is 12.1. The number of phosphoric acid groups is 1. The molecule has 0 aromatic carbocycles. The second-order valence-corrected chi connectivity index (χ2v) is 9.57. The van der Waals surface area contributed by atoms with E-state index in [2.05, 4.69) is 17.2 Å². The Morgan fingerprint density at radius 2 is 1.79 bits per heavy atom. The van der Waals surface area contributed by atoms with Crippen LogP contribution >= 0.6 is 7.82 Å². The number of likely N-dealkylation sites (N-methyl/N-ethyl adjacent to an activating group) is 1. The maximum atomic E-state index is 12.1. The molecular formula is C20H40N2O6P+. The Labute approximate surface area is 176 Å². The first-order chi connectivity index (χ1) is 13.5. The van der Waals surface area contributed by atoms with Crippen LogP contribution in [0.4, 0.5) is 0 Å². The van der Waals surface area contributed by atoms with Crippen LogP contribution in [0.5, 0.6) is 0 Å². The minimum absolute atomic E-state index is 0.0463. The van der Waals surface area contributed by atoms with Crippen molar-refractivity contribution in [2.24, 2.45) is 0 Å². The predicted molar refractivity (Wildman–Crippen MR) is 114 cm³/mol. The molecule has 0 bridgehead atoms. The molecule has 3 atom stereocenters. The van der Waals surface area contributed by atoms with Gasteiger partial charge in [0.25, 0.3) is 0 Å². The van der Waals surface area contributed by atoms with Crippen molar-refractivity contribution in [2.75, 3.05) is 40.9 Å². The van der Waals surface area contributed by atoms with E-state index in [0.717, 1.165) is 32.1 Å². The number of aliphatic hydroxyl groups excluding tert-OH is 1. The molecule has 29 heavy (non-hydrogen) atoms. The van der Waals surface area contributed by atoms with E-state index in [4.69, 9.17) is 9.05 Å². The average molecular weight is 436 g/mol. The third-order valence-electron chi connectivity index (χ3n) is 4.07. The fraction of sp³-hybridized carbons (Fsp3) is 0.850. The van der Waals surface area contributed by atoms with Gasteiger partial charge in [-0.3, -0.25) is 13.8 Å². The highest BCUT2D eigenvalue weighted by molar-refractivity contribution is 7.47. The molecule has 8 nitrogen and oxygen atoms in total. The first-order valence-electron chi connectivity index (χ1n) is 10.4. The number of carbonyl (C=O) groups is 1. The first kappa shape index (κ1) is 28.1. The predicted octanol–water partition coefficient (Wildman–Crippen LogP) is 2.45. The Bertz CT molecular complexity index is 568. The van der Waals surface area contributed by atoms with Crippen LogP contribution in [-0.2, 0) is 18.4 Å². The van der Waals surface area contributed by atoms with E-state index < -0.39 is 20.0 Å². The third-order valence-corrected chi connectivity index (χ3v) is 5.06. The lowest BCUT2D eigenvalue weighted by Gasteiger charge is -2.25. The molecular weight excluding hydrogens is 395 g/mol. The number of phosphoric ester groups is 1. The normalized spacial score (nSPS) is 15.7. The number of hydrogen-bond acceptors (Lipinski definition) is 5. The number of nitrogens with zero attached hydrogens (tertiary/aromatic N) is 1. The molecule has 0 aliphatic rings. The van der Waals surface area contributed by atoms with Gasteiger partial charge in [0.15, 0.2) is 0 Å². The van der Waals surface area contributed by atoms with Gasteiger partial charge in [-0.15, -0.1) is 5.92 Å². The summed E-state index contributed by atoms with van der Waals surface area (Å²) in [6.07, 6.45) is 4.31. The van der Waals surface area contributed by atoms with Gasteiger partial charge in [0.1, 0.15) is 19.3 Å². The summed E-state index contributed by atoms with van der Waals surface area (Å²) in [4.78, 5) is 22.0. The van der Waals surface area contributed by atoms with Gasteiger partial charge in [-0.25, -0.2) is 4.57 Å². The van der Waals surface area contributed by atoms with Crippen molar-refractivity contribution in [1.29, 1.82) is 0 Å². The van der Waals surface area contributed by atoms with Crippen molar-refractivity contribution < 1.29 is 32.9 Å². The van der Waals surface area contributed by atoms with Gasteiger partial charge in [0, 0.05) is 12.8 Å². The highest BCUT2D eigenvalue weighted by Gasteiger charge is 2.27.